The maximum Gasteiger partial charge on any atom is 0.208 e. The van der Waals surface area contributed by atoms with E-state index in [2.05, 4.69) is 40.2 Å². The van der Waals surface area contributed by atoms with Crippen LogP contribution in [0.2, 0.25) is 0 Å². The predicted molar refractivity (Wildman–Crippen MR) is 74.6 cm³/mol. The first-order chi connectivity index (χ1) is 8.18. The van der Waals surface area contributed by atoms with Crippen molar-refractivity contribution in [2.45, 2.75) is 32.6 Å². The highest BCUT2D eigenvalue weighted by Gasteiger charge is 2.19. The fourth-order valence-electron chi connectivity index (χ4n) is 1.14. The van der Waals surface area contributed by atoms with Gasteiger partial charge in [0.05, 0.1) is 6.26 Å². The summed E-state index contributed by atoms with van der Waals surface area (Å²) < 4.78 is 28.4. The molecular formula is C10H20N4O2S2. The van der Waals surface area contributed by atoms with E-state index in [1.165, 1.54) is 11.5 Å². The van der Waals surface area contributed by atoms with Crippen molar-refractivity contribution < 1.29 is 8.42 Å². The molecule has 0 saturated heterocycles. The van der Waals surface area contributed by atoms with Crippen molar-refractivity contribution in [3.05, 3.63) is 5.82 Å². The molecule has 2 N–H and O–H groups in total. The number of rotatable bonds is 6. The molecule has 0 aliphatic rings. The van der Waals surface area contributed by atoms with Crippen molar-refractivity contribution in [1.82, 2.24) is 14.1 Å². The van der Waals surface area contributed by atoms with Crippen LogP contribution in [-0.2, 0) is 15.4 Å². The van der Waals surface area contributed by atoms with E-state index in [9.17, 15) is 8.42 Å². The number of hydrogen-bond donors (Lipinski definition) is 2. The third-order valence-corrected chi connectivity index (χ3v) is 3.49. The zero-order chi connectivity index (χ0) is 13.8. The molecule has 1 heterocycles. The molecule has 0 unspecified atom stereocenters. The SMILES string of the molecule is CC(C)(C)c1nsc(NCCCNS(C)(=O)=O)n1. The number of nitrogens with zero attached hydrogens (tertiary/aromatic N) is 2. The van der Waals surface area contributed by atoms with Crippen LogP contribution in [0.3, 0.4) is 0 Å². The summed E-state index contributed by atoms with van der Waals surface area (Å²) in [4.78, 5) is 4.39. The van der Waals surface area contributed by atoms with Crippen LogP contribution >= 0.6 is 11.5 Å². The maximum absolute atomic E-state index is 10.8. The monoisotopic (exact) mass is 292 g/mol. The van der Waals surface area contributed by atoms with Crippen LogP contribution < -0.4 is 10.0 Å². The molecule has 0 saturated carbocycles. The first-order valence-corrected chi connectivity index (χ1v) is 8.38. The molecule has 0 spiro atoms. The van der Waals surface area contributed by atoms with Crippen molar-refractivity contribution in [2.24, 2.45) is 0 Å². The zero-order valence-electron chi connectivity index (χ0n) is 11.1. The van der Waals surface area contributed by atoms with Crippen molar-refractivity contribution in [3.8, 4) is 0 Å². The standard InChI is InChI=1S/C10H20N4O2S2/c1-10(2,3)8-13-9(17-14-8)11-6-5-7-12-18(4,15)16/h12H,5-7H2,1-4H3,(H,11,13,14). The molecule has 1 rings (SSSR count). The van der Waals surface area contributed by atoms with E-state index in [0.717, 1.165) is 17.2 Å². The Morgan fingerprint density at radius 3 is 2.44 bits per heavy atom. The summed E-state index contributed by atoms with van der Waals surface area (Å²) in [6, 6.07) is 0. The summed E-state index contributed by atoms with van der Waals surface area (Å²) in [7, 11) is -3.09. The molecule has 0 aromatic carbocycles. The number of aromatic nitrogens is 2. The summed E-state index contributed by atoms with van der Waals surface area (Å²) in [5, 5.41) is 3.91. The Morgan fingerprint density at radius 2 is 1.94 bits per heavy atom. The Bertz CT molecular complexity index is 476. The van der Waals surface area contributed by atoms with E-state index < -0.39 is 10.0 Å². The molecule has 0 bridgehead atoms. The lowest BCUT2D eigenvalue weighted by molar-refractivity contribution is 0.555. The first kappa shape index (κ1) is 15.3. The Balaban J connectivity index is 2.30. The van der Waals surface area contributed by atoms with Gasteiger partial charge in [0, 0.05) is 30.0 Å². The lowest BCUT2D eigenvalue weighted by Crippen LogP contribution is -2.24. The summed E-state index contributed by atoms with van der Waals surface area (Å²) in [5.74, 6) is 0.823. The molecule has 18 heavy (non-hydrogen) atoms. The normalized spacial score (nSPS) is 12.7. The van der Waals surface area contributed by atoms with Gasteiger partial charge in [-0.3, -0.25) is 0 Å². The molecule has 8 heteroatoms. The topological polar surface area (TPSA) is 84.0 Å². The molecule has 0 atom stereocenters. The number of nitrogens with one attached hydrogen (secondary N) is 2. The molecule has 0 aliphatic carbocycles. The van der Waals surface area contributed by atoms with Crippen LogP contribution in [-0.4, -0.2) is 37.1 Å². The van der Waals surface area contributed by atoms with Gasteiger partial charge >= 0.3 is 0 Å². The number of sulfonamides is 1. The summed E-state index contributed by atoms with van der Waals surface area (Å²) in [6.07, 6.45) is 1.86. The Hall–Kier alpha value is -0.730. The number of anilines is 1. The van der Waals surface area contributed by atoms with E-state index in [-0.39, 0.29) is 5.41 Å². The minimum absolute atomic E-state index is 0.0473. The molecule has 6 nitrogen and oxygen atoms in total. The van der Waals surface area contributed by atoms with Crippen LogP contribution in [0.25, 0.3) is 0 Å². The molecule has 1 aromatic rings. The molecule has 0 amide bonds. The molecule has 0 aliphatic heterocycles. The highest BCUT2D eigenvalue weighted by molar-refractivity contribution is 7.88. The lowest BCUT2D eigenvalue weighted by atomic mass is 9.96. The van der Waals surface area contributed by atoms with Crippen molar-refractivity contribution >= 4 is 26.7 Å². The Kier molecular flexibility index (Phi) is 5.06. The minimum Gasteiger partial charge on any atom is -0.360 e. The average molecular weight is 292 g/mol. The van der Waals surface area contributed by atoms with E-state index in [0.29, 0.717) is 19.5 Å². The third-order valence-electron chi connectivity index (χ3n) is 2.09. The number of hydrogen-bond acceptors (Lipinski definition) is 6. The second kappa shape index (κ2) is 5.94. The predicted octanol–water partition coefficient (Wildman–Crippen LogP) is 1.19. The van der Waals surface area contributed by atoms with Gasteiger partial charge in [0.2, 0.25) is 15.2 Å². The van der Waals surface area contributed by atoms with Crippen LogP contribution in [0.4, 0.5) is 5.13 Å². The van der Waals surface area contributed by atoms with Crippen molar-refractivity contribution in [2.75, 3.05) is 24.7 Å². The molecule has 0 fully saturated rings. The second-order valence-corrected chi connectivity index (χ2v) is 7.70. The van der Waals surface area contributed by atoms with Crippen molar-refractivity contribution in [3.63, 3.8) is 0 Å². The Morgan fingerprint density at radius 1 is 1.28 bits per heavy atom. The highest BCUT2D eigenvalue weighted by atomic mass is 32.2. The summed E-state index contributed by atoms with van der Waals surface area (Å²) in [5.41, 5.74) is -0.0473. The minimum atomic E-state index is -3.09. The quantitative estimate of drug-likeness (QED) is 0.769. The van der Waals surface area contributed by atoms with Gasteiger partial charge in [-0.25, -0.2) is 18.1 Å². The van der Waals surface area contributed by atoms with Gasteiger partial charge in [-0.2, -0.15) is 4.37 Å². The van der Waals surface area contributed by atoms with Crippen LogP contribution in [0.15, 0.2) is 0 Å². The molecule has 104 valence electrons. The van der Waals surface area contributed by atoms with Gasteiger partial charge < -0.3 is 5.32 Å². The lowest BCUT2D eigenvalue weighted by Gasteiger charge is -2.12. The van der Waals surface area contributed by atoms with Crippen LogP contribution in [0, 0.1) is 0 Å². The first-order valence-electron chi connectivity index (χ1n) is 5.71. The summed E-state index contributed by atoms with van der Waals surface area (Å²) >= 11 is 1.33. The van der Waals surface area contributed by atoms with Gasteiger partial charge in [0.1, 0.15) is 5.82 Å². The van der Waals surface area contributed by atoms with Crippen LogP contribution in [0.1, 0.15) is 33.0 Å². The van der Waals surface area contributed by atoms with Crippen molar-refractivity contribution in [1.29, 1.82) is 0 Å². The molecule has 1 aromatic heterocycles. The maximum atomic E-state index is 10.8. The molecular weight excluding hydrogens is 272 g/mol. The fraction of sp³-hybridized carbons (Fsp3) is 0.800. The molecule has 0 radical (unpaired) electrons. The Labute approximate surface area is 112 Å². The van der Waals surface area contributed by atoms with Gasteiger partial charge in [0.25, 0.3) is 0 Å². The summed E-state index contributed by atoms with van der Waals surface area (Å²) in [6.45, 7) is 7.29. The zero-order valence-corrected chi connectivity index (χ0v) is 12.8. The van der Waals surface area contributed by atoms with Gasteiger partial charge in [-0.15, -0.1) is 0 Å². The second-order valence-electron chi connectivity index (χ2n) is 5.12. The average Bonchev–Trinajstić information content (AvgIpc) is 2.63. The largest absolute Gasteiger partial charge is 0.360 e. The fourth-order valence-corrected chi connectivity index (χ4v) is 2.44. The smallest absolute Gasteiger partial charge is 0.208 e. The van der Waals surface area contributed by atoms with Gasteiger partial charge in [-0.05, 0) is 6.42 Å². The van der Waals surface area contributed by atoms with Gasteiger partial charge in [0.15, 0.2) is 0 Å². The van der Waals surface area contributed by atoms with E-state index in [1.807, 2.05) is 0 Å². The van der Waals surface area contributed by atoms with Gasteiger partial charge in [-0.1, -0.05) is 20.8 Å². The van der Waals surface area contributed by atoms with Crippen LogP contribution in [0.5, 0.6) is 0 Å². The van der Waals surface area contributed by atoms with E-state index >= 15 is 0 Å². The highest BCUT2D eigenvalue weighted by Crippen LogP contribution is 2.22. The van der Waals surface area contributed by atoms with E-state index in [4.69, 9.17) is 0 Å². The third kappa shape index (κ3) is 5.74. The van der Waals surface area contributed by atoms with E-state index in [1.54, 1.807) is 0 Å².